The summed E-state index contributed by atoms with van der Waals surface area (Å²) in [4.78, 5) is 12.0. The molecule has 0 aliphatic heterocycles. The van der Waals surface area contributed by atoms with Gasteiger partial charge in [-0.2, -0.15) is 0 Å². The molecule has 1 unspecified atom stereocenters. The minimum Gasteiger partial charge on any atom is -0.350 e. The lowest BCUT2D eigenvalue weighted by Gasteiger charge is -2.25. The Morgan fingerprint density at radius 1 is 1.17 bits per heavy atom. The first-order valence-corrected chi connectivity index (χ1v) is 10.2. The number of nitrogens with one attached hydrogen (secondary N) is 1. The molecule has 2 nitrogen and oxygen atoms in total. The molecule has 0 aliphatic carbocycles. The van der Waals surface area contributed by atoms with Crippen LogP contribution in [-0.4, -0.2) is 14.0 Å². The largest absolute Gasteiger partial charge is 0.350 e. The van der Waals surface area contributed by atoms with Crippen LogP contribution in [0.25, 0.3) is 0 Å². The molecule has 0 heterocycles. The summed E-state index contributed by atoms with van der Waals surface area (Å²) in [5.41, 5.74) is 1.67. The van der Waals surface area contributed by atoms with E-state index in [0.717, 1.165) is 5.56 Å². The summed E-state index contributed by atoms with van der Waals surface area (Å²) in [6.45, 7) is 11.2. The molecule has 3 heteroatoms. The molecule has 0 radical (unpaired) electrons. The molecule has 2 atom stereocenters. The summed E-state index contributed by atoms with van der Waals surface area (Å²) in [7, 11) is -1.21. The molecule has 0 aliphatic rings. The molecule has 0 saturated carbocycles. The van der Waals surface area contributed by atoms with Gasteiger partial charge in [0.1, 0.15) is 0 Å². The SMILES string of the molecule is CC(NC(=O)C[C@@H](C)[Si](C)(C)C)c1ccccc1. The maximum atomic E-state index is 12.0. The Bertz CT molecular complexity index is 383. The van der Waals surface area contributed by atoms with Gasteiger partial charge in [-0.05, 0) is 18.0 Å². The molecule has 0 bridgehead atoms. The quantitative estimate of drug-likeness (QED) is 0.800. The second-order valence-electron chi connectivity index (χ2n) is 6.17. The van der Waals surface area contributed by atoms with E-state index in [1.54, 1.807) is 0 Å². The van der Waals surface area contributed by atoms with Crippen LogP contribution in [-0.2, 0) is 4.79 Å². The van der Waals surface area contributed by atoms with Gasteiger partial charge in [-0.1, -0.05) is 56.9 Å². The van der Waals surface area contributed by atoms with Crippen LogP contribution < -0.4 is 5.32 Å². The summed E-state index contributed by atoms with van der Waals surface area (Å²) in [6, 6.07) is 10.2. The molecule has 0 spiro atoms. The molecule has 1 amide bonds. The third kappa shape index (κ3) is 4.65. The lowest BCUT2D eigenvalue weighted by molar-refractivity contribution is -0.121. The van der Waals surface area contributed by atoms with E-state index in [2.05, 4.69) is 31.9 Å². The fourth-order valence-corrected chi connectivity index (χ4v) is 2.51. The Morgan fingerprint density at radius 3 is 2.22 bits per heavy atom. The van der Waals surface area contributed by atoms with E-state index in [4.69, 9.17) is 0 Å². The van der Waals surface area contributed by atoms with Crippen LogP contribution in [0.4, 0.5) is 0 Å². The Kier molecular flexibility index (Phi) is 5.14. The maximum absolute atomic E-state index is 12.0. The van der Waals surface area contributed by atoms with Crippen molar-refractivity contribution in [3.63, 3.8) is 0 Å². The summed E-state index contributed by atoms with van der Waals surface area (Å²) >= 11 is 0. The second-order valence-corrected chi connectivity index (χ2v) is 11.9. The summed E-state index contributed by atoms with van der Waals surface area (Å²) in [5.74, 6) is 0.168. The Hall–Kier alpha value is -1.09. The van der Waals surface area contributed by atoms with Crippen molar-refractivity contribution in [2.24, 2.45) is 0 Å². The van der Waals surface area contributed by atoms with E-state index in [-0.39, 0.29) is 11.9 Å². The van der Waals surface area contributed by atoms with Crippen LogP contribution in [0, 0.1) is 0 Å². The topological polar surface area (TPSA) is 29.1 Å². The third-order valence-corrected chi connectivity index (χ3v) is 6.81. The molecule has 18 heavy (non-hydrogen) atoms. The number of benzene rings is 1. The average Bonchev–Trinajstić information content (AvgIpc) is 2.28. The van der Waals surface area contributed by atoms with Gasteiger partial charge in [0.2, 0.25) is 5.91 Å². The standard InChI is InChI=1S/C15H25NOSi/c1-12(18(3,4)5)11-15(17)16-13(2)14-9-7-6-8-10-14/h6-10,12-13H,11H2,1-5H3,(H,16,17)/t12-,13?/m1/s1. The number of rotatable bonds is 5. The second kappa shape index (κ2) is 6.18. The van der Waals surface area contributed by atoms with Gasteiger partial charge in [0, 0.05) is 14.5 Å². The van der Waals surface area contributed by atoms with Crippen LogP contribution in [0.5, 0.6) is 0 Å². The number of hydrogen-bond acceptors (Lipinski definition) is 1. The van der Waals surface area contributed by atoms with Gasteiger partial charge < -0.3 is 5.32 Å². The van der Waals surface area contributed by atoms with E-state index in [1.807, 2.05) is 37.3 Å². The third-order valence-electron chi connectivity index (χ3n) is 3.65. The van der Waals surface area contributed by atoms with Gasteiger partial charge in [-0.3, -0.25) is 4.79 Å². The predicted octanol–water partition coefficient (Wildman–Crippen LogP) is 3.98. The summed E-state index contributed by atoms with van der Waals surface area (Å²) in [6.07, 6.45) is 0.646. The van der Waals surface area contributed by atoms with Gasteiger partial charge in [0.15, 0.2) is 0 Å². The number of carbonyl (C=O) groups is 1. The lowest BCUT2D eigenvalue weighted by Crippen LogP contribution is -2.33. The summed E-state index contributed by atoms with van der Waals surface area (Å²) < 4.78 is 0. The maximum Gasteiger partial charge on any atom is 0.220 e. The van der Waals surface area contributed by atoms with Crippen LogP contribution in [0.1, 0.15) is 31.9 Å². The van der Waals surface area contributed by atoms with Crippen molar-refractivity contribution in [2.75, 3.05) is 0 Å². The van der Waals surface area contributed by atoms with E-state index in [0.29, 0.717) is 12.0 Å². The fourth-order valence-electron chi connectivity index (χ4n) is 1.71. The van der Waals surface area contributed by atoms with Gasteiger partial charge in [0.25, 0.3) is 0 Å². The highest BCUT2D eigenvalue weighted by molar-refractivity contribution is 6.77. The van der Waals surface area contributed by atoms with Gasteiger partial charge in [-0.25, -0.2) is 0 Å². The minimum atomic E-state index is -1.21. The zero-order valence-electron chi connectivity index (χ0n) is 12.2. The number of carbonyl (C=O) groups excluding carboxylic acids is 1. The smallest absolute Gasteiger partial charge is 0.220 e. The highest BCUT2D eigenvalue weighted by Crippen LogP contribution is 2.24. The van der Waals surface area contributed by atoms with Gasteiger partial charge in [-0.15, -0.1) is 0 Å². The van der Waals surface area contributed by atoms with Crippen molar-refractivity contribution < 1.29 is 4.79 Å². The van der Waals surface area contributed by atoms with Crippen molar-refractivity contribution in [2.45, 2.75) is 51.5 Å². The van der Waals surface area contributed by atoms with Crippen LogP contribution in [0.2, 0.25) is 25.2 Å². The van der Waals surface area contributed by atoms with Crippen molar-refractivity contribution in [3.05, 3.63) is 35.9 Å². The Morgan fingerprint density at radius 2 is 1.72 bits per heavy atom. The molecule has 1 aromatic rings. The molecule has 100 valence electrons. The van der Waals surface area contributed by atoms with Gasteiger partial charge >= 0.3 is 0 Å². The molecular weight excluding hydrogens is 238 g/mol. The van der Waals surface area contributed by atoms with E-state index >= 15 is 0 Å². The normalized spacial score (nSPS) is 14.9. The highest BCUT2D eigenvalue weighted by atomic mass is 28.3. The number of hydrogen-bond donors (Lipinski definition) is 1. The highest BCUT2D eigenvalue weighted by Gasteiger charge is 2.24. The Labute approximate surface area is 112 Å². The molecule has 1 N–H and O–H groups in total. The zero-order chi connectivity index (χ0) is 13.8. The predicted molar refractivity (Wildman–Crippen MR) is 80.4 cm³/mol. The molecule has 1 rings (SSSR count). The number of amides is 1. The first kappa shape index (κ1) is 15.0. The monoisotopic (exact) mass is 263 g/mol. The van der Waals surface area contributed by atoms with E-state index < -0.39 is 8.07 Å². The molecular formula is C15H25NOSi. The van der Waals surface area contributed by atoms with Crippen LogP contribution in [0.15, 0.2) is 30.3 Å². The minimum absolute atomic E-state index is 0.0903. The van der Waals surface area contributed by atoms with Crippen molar-refractivity contribution in [3.8, 4) is 0 Å². The Balaban J connectivity index is 2.51. The first-order valence-electron chi connectivity index (χ1n) is 6.65. The van der Waals surface area contributed by atoms with Crippen LogP contribution in [0.3, 0.4) is 0 Å². The summed E-state index contributed by atoms with van der Waals surface area (Å²) in [5, 5.41) is 3.08. The zero-order valence-corrected chi connectivity index (χ0v) is 13.2. The first-order chi connectivity index (χ1) is 8.30. The van der Waals surface area contributed by atoms with Crippen molar-refractivity contribution >= 4 is 14.0 Å². The van der Waals surface area contributed by atoms with E-state index in [1.165, 1.54) is 0 Å². The van der Waals surface area contributed by atoms with Crippen molar-refractivity contribution in [1.82, 2.24) is 5.32 Å². The van der Waals surface area contributed by atoms with Crippen molar-refractivity contribution in [1.29, 1.82) is 0 Å². The molecule has 0 saturated heterocycles. The molecule has 1 aromatic carbocycles. The fraction of sp³-hybridized carbons (Fsp3) is 0.533. The average molecular weight is 263 g/mol. The lowest BCUT2D eigenvalue weighted by atomic mass is 10.1. The molecule has 0 fully saturated rings. The van der Waals surface area contributed by atoms with E-state index in [9.17, 15) is 4.79 Å². The van der Waals surface area contributed by atoms with Gasteiger partial charge in [0.05, 0.1) is 6.04 Å². The van der Waals surface area contributed by atoms with Crippen LogP contribution >= 0.6 is 0 Å². The molecule has 0 aromatic heterocycles.